The summed E-state index contributed by atoms with van der Waals surface area (Å²) in [7, 11) is 0. The Morgan fingerprint density at radius 1 is 1.00 bits per heavy atom. The van der Waals surface area contributed by atoms with Crippen LogP contribution in [0.5, 0.6) is 11.5 Å². The van der Waals surface area contributed by atoms with E-state index in [0.29, 0.717) is 16.5 Å². The Labute approximate surface area is 175 Å². The zero-order valence-corrected chi connectivity index (χ0v) is 17.3. The first-order valence-electron chi connectivity index (χ1n) is 9.32. The van der Waals surface area contributed by atoms with Crippen molar-refractivity contribution in [1.82, 2.24) is 4.98 Å². The largest absolute Gasteiger partial charge is 0.453 e. The SMILES string of the molecule is CC[C@@H](C[C@@H](C)c1cccnc1Cl)c1ccc(Cl)c(Oc2ccccc2)c1F. The molecule has 3 aromatic rings. The number of rotatable bonds is 7. The second-order valence-corrected chi connectivity index (χ2v) is 7.59. The van der Waals surface area contributed by atoms with Crippen molar-refractivity contribution < 1.29 is 9.13 Å². The van der Waals surface area contributed by atoms with Gasteiger partial charge in [0.15, 0.2) is 11.6 Å². The molecule has 3 rings (SSSR count). The van der Waals surface area contributed by atoms with E-state index in [2.05, 4.69) is 11.9 Å². The van der Waals surface area contributed by atoms with Gasteiger partial charge in [-0.3, -0.25) is 0 Å². The molecule has 0 aliphatic rings. The summed E-state index contributed by atoms with van der Waals surface area (Å²) in [5.74, 6) is 0.342. The van der Waals surface area contributed by atoms with Crippen molar-refractivity contribution in [3.05, 3.63) is 87.9 Å². The molecule has 2 aromatic carbocycles. The third-order valence-corrected chi connectivity index (χ3v) is 5.55. The lowest BCUT2D eigenvalue weighted by Gasteiger charge is -2.22. The minimum absolute atomic E-state index is 0.00154. The molecular weight excluding hydrogens is 396 g/mol. The van der Waals surface area contributed by atoms with E-state index in [1.807, 2.05) is 37.3 Å². The van der Waals surface area contributed by atoms with Crippen molar-refractivity contribution in [2.24, 2.45) is 0 Å². The maximum absolute atomic E-state index is 15.3. The third-order valence-electron chi connectivity index (χ3n) is 4.93. The van der Waals surface area contributed by atoms with Gasteiger partial charge in [-0.05, 0) is 60.1 Å². The first-order chi connectivity index (χ1) is 13.5. The maximum Gasteiger partial charge on any atom is 0.181 e. The van der Waals surface area contributed by atoms with E-state index in [1.54, 1.807) is 30.5 Å². The van der Waals surface area contributed by atoms with Crippen LogP contribution in [0.1, 0.15) is 49.7 Å². The number of ether oxygens (including phenoxy) is 1. The Bertz CT molecular complexity index is 933. The molecule has 5 heteroatoms. The predicted molar refractivity (Wildman–Crippen MR) is 113 cm³/mol. The van der Waals surface area contributed by atoms with Crippen LogP contribution in [0.25, 0.3) is 0 Å². The Kier molecular flexibility index (Phi) is 6.93. The van der Waals surface area contributed by atoms with Crippen LogP contribution < -0.4 is 4.74 Å². The van der Waals surface area contributed by atoms with E-state index in [1.165, 1.54) is 0 Å². The van der Waals surface area contributed by atoms with Gasteiger partial charge in [-0.2, -0.15) is 0 Å². The molecule has 0 bridgehead atoms. The highest BCUT2D eigenvalue weighted by atomic mass is 35.5. The van der Waals surface area contributed by atoms with Crippen molar-refractivity contribution >= 4 is 23.2 Å². The second-order valence-electron chi connectivity index (χ2n) is 6.82. The maximum atomic E-state index is 15.3. The highest BCUT2D eigenvalue weighted by Gasteiger charge is 2.23. The van der Waals surface area contributed by atoms with Crippen molar-refractivity contribution in [2.45, 2.75) is 38.5 Å². The van der Waals surface area contributed by atoms with Crippen LogP contribution in [-0.2, 0) is 0 Å². The van der Waals surface area contributed by atoms with Gasteiger partial charge in [0, 0.05) is 6.20 Å². The smallest absolute Gasteiger partial charge is 0.181 e. The van der Waals surface area contributed by atoms with Crippen LogP contribution in [0.2, 0.25) is 10.2 Å². The average molecular weight is 418 g/mol. The molecule has 1 aromatic heterocycles. The Hall–Kier alpha value is -2.10. The van der Waals surface area contributed by atoms with Crippen LogP contribution in [-0.4, -0.2) is 4.98 Å². The molecular formula is C23H22Cl2FNO. The summed E-state index contributed by atoms with van der Waals surface area (Å²) in [5.41, 5.74) is 1.57. The van der Waals surface area contributed by atoms with E-state index < -0.39 is 5.82 Å². The van der Waals surface area contributed by atoms with E-state index in [-0.39, 0.29) is 22.6 Å². The van der Waals surface area contributed by atoms with Gasteiger partial charge in [-0.25, -0.2) is 9.37 Å². The molecule has 0 aliphatic carbocycles. The minimum atomic E-state index is -0.410. The number of benzene rings is 2. The van der Waals surface area contributed by atoms with Gasteiger partial charge in [-0.15, -0.1) is 0 Å². The summed E-state index contributed by atoms with van der Waals surface area (Å²) in [4.78, 5) is 4.15. The number of hydrogen-bond acceptors (Lipinski definition) is 2. The molecule has 0 spiro atoms. The van der Waals surface area contributed by atoms with Gasteiger partial charge >= 0.3 is 0 Å². The number of nitrogens with zero attached hydrogens (tertiary/aromatic N) is 1. The monoisotopic (exact) mass is 417 g/mol. The van der Waals surface area contributed by atoms with Crippen molar-refractivity contribution in [1.29, 1.82) is 0 Å². The van der Waals surface area contributed by atoms with Crippen LogP contribution in [0.4, 0.5) is 4.39 Å². The molecule has 0 radical (unpaired) electrons. The topological polar surface area (TPSA) is 22.1 Å². The lowest BCUT2D eigenvalue weighted by atomic mass is 9.84. The van der Waals surface area contributed by atoms with Gasteiger partial charge in [0.05, 0.1) is 5.02 Å². The summed E-state index contributed by atoms with van der Waals surface area (Å²) in [6, 6.07) is 16.4. The van der Waals surface area contributed by atoms with Crippen LogP contribution in [0.3, 0.4) is 0 Å². The first kappa shape index (κ1) is 20.6. The molecule has 2 atom stereocenters. The van der Waals surface area contributed by atoms with Gasteiger partial charge in [0.2, 0.25) is 0 Å². The van der Waals surface area contributed by atoms with Gasteiger partial charge in [-0.1, -0.05) is 67.4 Å². The van der Waals surface area contributed by atoms with Crippen molar-refractivity contribution in [2.75, 3.05) is 0 Å². The zero-order valence-electron chi connectivity index (χ0n) is 15.8. The molecule has 0 unspecified atom stereocenters. The van der Waals surface area contributed by atoms with Gasteiger partial charge in [0.25, 0.3) is 0 Å². The predicted octanol–water partition coefficient (Wildman–Crippen LogP) is 8.01. The van der Waals surface area contributed by atoms with Crippen molar-refractivity contribution in [3.8, 4) is 11.5 Å². The first-order valence-corrected chi connectivity index (χ1v) is 10.1. The van der Waals surface area contributed by atoms with Gasteiger partial charge < -0.3 is 4.74 Å². The molecule has 0 N–H and O–H groups in total. The molecule has 0 amide bonds. The summed E-state index contributed by atoms with van der Waals surface area (Å²) >= 11 is 12.5. The van der Waals surface area contributed by atoms with Gasteiger partial charge in [0.1, 0.15) is 10.9 Å². The normalized spacial score (nSPS) is 13.2. The fourth-order valence-corrected chi connectivity index (χ4v) is 3.89. The highest BCUT2D eigenvalue weighted by molar-refractivity contribution is 6.32. The number of halogens is 3. The molecule has 0 fully saturated rings. The fraction of sp³-hybridized carbons (Fsp3) is 0.261. The molecule has 146 valence electrons. The Morgan fingerprint density at radius 2 is 1.75 bits per heavy atom. The standard InChI is InChI=1S/C23H22Cl2FNO/c1-3-16(14-15(2)18-10-7-13-27-23(18)25)19-11-12-20(24)22(21(19)26)28-17-8-5-4-6-9-17/h4-13,15-16H,3,14H2,1-2H3/t15-,16+/m1/s1. The quantitative estimate of drug-likeness (QED) is 0.363. The Balaban J connectivity index is 1.88. The van der Waals surface area contributed by atoms with E-state index in [0.717, 1.165) is 18.4 Å². The average Bonchev–Trinajstić information content (AvgIpc) is 2.71. The molecule has 1 heterocycles. The van der Waals surface area contributed by atoms with Crippen LogP contribution in [0, 0.1) is 5.82 Å². The lowest BCUT2D eigenvalue weighted by Crippen LogP contribution is -2.07. The van der Waals surface area contributed by atoms with E-state index >= 15 is 4.39 Å². The molecule has 2 nitrogen and oxygen atoms in total. The van der Waals surface area contributed by atoms with E-state index in [4.69, 9.17) is 27.9 Å². The number of aromatic nitrogens is 1. The summed E-state index contributed by atoms with van der Waals surface area (Å²) in [6.45, 7) is 4.13. The summed E-state index contributed by atoms with van der Waals surface area (Å²) in [6.07, 6.45) is 3.19. The zero-order chi connectivity index (χ0) is 20.1. The lowest BCUT2D eigenvalue weighted by molar-refractivity contribution is 0.429. The number of para-hydroxylation sites is 1. The van der Waals surface area contributed by atoms with Crippen LogP contribution >= 0.6 is 23.2 Å². The summed E-state index contributed by atoms with van der Waals surface area (Å²) < 4.78 is 21.1. The molecule has 0 saturated carbocycles. The number of hydrogen-bond donors (Lipinski definition) is 0. The molecule has 0 saturated heterocycles. The number of pyridine rings is 1. The third kappa shape index (κ3) is 4.65. The fourth-order valence-electron chi connectivity index (χ4n) is 3.40. The summed E-state index contributed by atoms with van der Waals surface area (Å²) in [5, 5.41) is 0.748. The molecule has 28 heavy (non-hydrogen) atoms. The molecule has 0 aliphatic heterocycles. The highest BCUT2D eigenvalue weighted by Crippen LogP contribution is 2.40. The van der Waals surface area contributed by atoms with E-state index in [9.17, 15) is 0 Å². The second kappa shape index (κ2) is 9.40. The van der Waals surface area contributed by atoms with Crippen molar-refractivity contribution in [3.63, 3.8) is 0 Å². The van der Waals surface area contributed by atoms with Crippen LogP contribution in [0.15, 0.2) is 60.8 Å². The Morgan fingerprint density at radius 3 is 2.43 bits per heavy atom. The minimum Gasteiger partial charge on any atom is -0.453 e.